The highest BCUT2D eigenvalue weighted by molar-refractivity contribution is 9.10. The van der Waals surface area contributed by atoms with E-state index in [-0.39, 0.29) is 6.61 Å². The first-order valence-electron chi connectivity index (χ1n) is 6.59. The average Bonchev–Trinajstić information content (AvgIpc) is 3.06. The number of fused-ring (bicyclic) bond motifs is 1. The Kier molecular flexibility index (Phi) is 4.10. The molecule has 5 heteroatoms. The molecule has 2 aromatic rings. The predicted octanol–water partition coefficient (Wildman–Crippen LogP) is 2.76. The fourth-order valence-electron chi connectivity index (χ4n) is 2.40. The van der Waals surface area contributed by atoms with Gasteiger partial charge < -0.3 is 19.6 Å². The van der Waals surface area contributed by atoms with Crippen molar-refractivity contribution in [1.29, 1.82) is 0 Å². The molecule has 0 saturated carbocycles. The fourth-order valence-corrected chi connectivity index (χ4v) is 2.95. The van der Waals surface area contributed by atoms with Gasteiger partial charge in [0.2, 0.25) is 0 Å². The zero-order valence-electron chi connectivity index (χ0n) is 11.0. The van der Waals surface area contributed by atoms with Crippen LogP contribution in [0.25, 0.3) is 0 Å². The van der Waals surface area contributed by atoms with Gasteiger partial charge in [-0.2, -0.15) is 0 Å². The van der Waals surface area contributed by atoms with Gasteiger partial charge >= 0.3 is 0 Å². The van der Waals surface area contributed by atoms with Gasteiger partial charge in [0.15, 0.2) is 0 Å². The topological polar surface area (TPSA) is 54.6 Å². The van der Waals surface area contributed by atoms with Crippen molar-refractivity contribution in [2.75, 3.05) is 6.61 Å². The molecule has 2 N–H and O–H groups in total. The van der Waals surface area contributed by atoms with Crippen LogP contribution in [-0.2, 0) is 26.1 Å². The normalized spacial score (nSPS) is 13.3. The van der Waals surface area contributed by atoms with Gasteiger partial charge in [0.25, 0.3) is 0 Å². The molecule has 0 fully saturated rings. The number of ether oxygens (including phenoxy) is 1. The molecule has 0 aliphatic carbocycles. The van der Waals surface area contributed by atoms with Crippen LogP contribution in [0.2, 0.25) is 0 Å². The van der Waals surface area contributed by atoms with E-state index in [1.807, 2.05) is 6.07 Å². The maximum Gasteiger partial charge on any atom is 0.129 e. The van der Waals surface area contributed by atoms with E-state index in [0.717, 1.165) is 41.1 Å². The van der Waals surface area contributed by atoms with Crippen LogP contribution in [0.5, 0.6) is 5.75 Å². The Labute approximate surface area is 125 Å². The number of hydrogen-bond acceptors (Lipinski definition) is 4. The summed E-state index contributed by atoms with van der Waals surface area (Å²) in [7, 11) is 0. The second-order valence-electron chi connectivity index (χ2n) is 4.78. The third kappa shape index (κ3) is 2.90. The van der Waals surface area contributed by atoms with E-state index in [2.05, 4.69) is 33.4 Å². The summed E-state index contributed by atoms with van der Waals surface area (Å²) in [5.74, 6) is 2.42. The average molecular weight is 338 g/mol. The molecule has 1 aliphatic heterocycles. The molecule has 0 radical (unpaired) electrons. The van der Waals surface area contributed by atoms with E-state index in [1.165, 1.54) is 5.56 Å². The Morgan fingerprint density at radius 2 is 2.05 bits per heavy atom. The Bertz CT molecular complexity index is 609. The van der Waals surface area contributed by atoms with Crippen molar-refractivity contribution >= 4 is 15.9 Å². The SMILES string of the molecule is OCc1ccc(CNCc2cc(Br)cc3c2OCC3)o1. The molecule has 2 heterocycles. The van der Waals surface area contributed by atoms with E-state index in [4.69, 9.17) is 14.3 Å². The second kappa shape index (κ2) is 5.99. The van der Waals surface area contributed by atoms with Crippen molar-refractivity contribution < 1.29 is 14.3 Å². The Balaban J connectivity index is 1.64. The second-order valence-corrected chi connectivity index (χ2v) is 5.70. The molecule has 0 amide bonds. The molecule has 1 aromatic heterocycles. The van der Waals surface area contributed by atoms with Crippen LogP contribution in [0, 0.1) is 0 Å². The predicted molar refractivity (Wildman–Crippen MR) is 78.5 cm³/mol. The van der Waals surface area contributed by atoms with Gasteiger partial charge in [0, 0.05) is 23.0 Å². The molecule has 0 unspecified atom stereocenters. The van der Waals surface area contributed by atoms with Crippen LogP contribution in [0.15, 0.2) is 33.2 Å². The maximum absolute atomic E-state index is 8.95. The molecular formula is C15H16BrNO3. The highest BCUT2D eigenvalue weighted by Gasteiger charge is 2.17. The number of rotatable bonds is 5. The number of hydrogen-bond donors (Lipinski definition) is 2. The number of aliphatic hydroxyl groups is 1. The molecule has 0 saturated heterocycles. The summed E-state index contributed by atoms with van der Waals surface area (Å²) >= 11 is 3.54. The molecule has 1 aliphatic rings. The smallest absolute Gasteiger partial charge is 0.129 e. The monoisotopic (exact) mass is 337 g/mol. The van der Waals surface area contributed by atoms with E-state index in [1.54, 1.807) is 6.07 Å². The summed E-state index contributed by atoms with van der Waals surface area (Å²) < 4.78 is 12.2. The van der Waals surface area contributed by atoms with Crippen LogP contribution >= 0.6 is 15.9 Å². The van der Waals surface area contributed by atoms with Crippen LogP contribution in [0.4, 0.5) is 0 Å². The van der Waals surface area contributed by atoms with Crippen molar-refractivity contribution in [1.82, 2.24) is 5.32 Å². The lowest BCUT2D eigenvalue weighted by Gasteiger charge is -2.09. The van der Waals surface area contributed by atoms with E-state index < -0.39 is 0 Å². The summed E-state index contributed by atoms with van der Waals surface area (Å²) in [5, 5.41) is 12.3. The van der Waals surface area contributed by atoms with Gasteiger partial charge in [-0.1, -0.05) is 15.9 Å². The number of nitrogens with one attached hydrogen (secondary N) is 1. The molecule has 0 atom stereocenters. The highest BCUT2D eigenvalue weighted by atomic mass is 79.9. The third-order valence-electron chi connectivity index (χ3n) is 3.31. The number of halogens is 1. The standard InChI is InChI=1S/C15H16BrNO3/c16-12-5-10-3-4-19-15(10)11(6-12)7-17-8-13-1-2-14(9-18)20-13/h1-2,5-6,17-18H,3-4,7-9H2. The Morgan fingerprint density at radius 3 is 2.85 bits per heavy atom. The minimum atomic E-state index is -0.0625. The summed E-state index contributed by atoms with van der Waals surface area (Å²) in [6, 6.07) is 7.86. The largest absolute Gasteiger partial charge is 0.493 e. The lowest BCUT2D eigenvalue weighted by Crippen LogP contribution is -2.13. The number of furan rings is 1. The van der Waals surface area contributed by atoms with Crippen LogP contribution in [0.3, 0.4) is 0 Å². The highest BCUT2D eigenvalue weighted by Crippen LogP contribution is 2.32. The minimum absolute atomic E-state index is 0.0625. The molecule has 0 spiro atoms. The zero-order valence-corrected chi connectivity index (χ0v) is 12.6. The quantitative estimate of drug-likeness (QED) is 0.880. The van der Waals surface area contributed by atoms with E-state index in [9.17, 15) is 0 Å². The molecule has 3 rings (SSSR count). The van der Waals surface area contributed by atoms with Crippen LogP contribution < -0.4 is 10.1 Å². The molecule has 106 valence electrons. The van der Waals surface area contributed by atoms with Crippen LogP contribution in [-0.4, -0.2) is 11.7 Å². The molecule has 1 aromatic carbocycles. The molecule has 4 nitrogen and oxygen atoms in total. The van der Waals surface area contributed by atoms with Gasteiger partial charge in [0.05, 0.1) is 13.2 Å². The number of aliphatic hydroxyl groups excluding tert-OH is 1. The first-order chi connectivity index (χ1) is 9.76. The van der Waals surface area contributed by atoms with E-state index in [0.29, 0.717) is 12.3 Å². The lowest BCUT2D eigenvalue weighted by molar-refractivity contribution is 0.242. The Morgan fingerprint density at radius 1 is 1.20 bits per heavy atom. The third-order valence-corrected chi connectivity index (χ3v) is 3.77. The van der Waals surface area contributed by atoms with Crippen molar-refractivity contribution in [2.24, 2.45) is 0 Å². The van der Waals surface area contributed by atoms with Crippen molar-refractivity contribution in [2.45, 2.75) is 26.1 Å². The summed E-state index contributed by atoms with van der Waals surface area (Å²) in [6.45, 7) is 2.04. The summed E-state index contributed by atoms with van der Waals surface area (Å²) in [4.78, 5) is 0. The van der Waals surface area contributed by atoms with Gasteiger partial charge in [-0.15, -0.1) is 0 Å². The fraction of sp³-hybridized carbons (Fsp3) is 0.333. The van der Waals surface area contributed by atoms with E-state index >= 15 is 0 Å². The Hall–Kier alpha value is -1.30. The maximum atomic E-state index is 8.95. The lowest BCUT2D eigenvalue weighted by atomic mass is 10.1. The van der Waals surface area contributed by atoms with Crippen molar-refractivity contribution in [3.05, 3.63) is 51.4 Å². The zero-order chi connectivity index (χ0) is 13.9. The minimum Gasteiger partial charge on any atom is -0.493 e. The summed E-state index contributed by atoms with van der Waals surface area (Å²) in [5.41, 5.74) is 2.41. The van der Waals surface area contributed by atoms with Crippen molar-refractivity contribution in [3.63, 3.8) is 0 Å². The molecular weight excluding hydrogens is 322 g/mol. The molecule has 0 bridgehead atoms. The van der Waals surface area contributed by atoms with Crippen LogP contribution in [0.1, 0.15) is 22.6 Å². The first-order valence-corrected chi connectivity index (χ1v) is 7.39. The van der Waals surface area contributed by atoms with Gasteiger partial charge in [-0.3, -0.25) is 0 Å². The van der Waals surface area contributed by atoms with Gasteiger partial charge in [-0.25, -0.2) is 0 Å². The van der Waals surface area contributed by atoms with Gasteiger partial charge in [-0.05, 0) is 29.8 Å². The van der Waals surface area contributed by atoms with Crippen molar-refractivity contribution in [3.8, 4) is 5.75 Å². The first kappa shape index (κ1) is 13.7. The molecule has 20 heavy (non-hydrogen) atoms. The number of benzene rings is 1. The summed E-state index contributed by atoms with van der Waals surface area (Å²) in [6.07, 6.45) is 0.972. The van der Waals surface area contributed by atoms with Gasteiger partial charge in [0.1, 0.15) is 23.9 Å².